The molecule has 4 aromatic rings. The smallest absolute Gasteiger partial charge is 0.254 e. The van der Waals surface area contributed by atoms with Crippen LogP contribution in [0.2, 0.25) is 0 Å². The van der Waals surface area contributed by atoms with Gasteiger partial charge in [0.05, 0.1) is 30.7 Å². The molecule has 2 fully saturated rings. The Labute approximate surface area is 231 Å². The highest BCUT2D eigenvalue weighted by Crippen LogP contribution is 2.41. The van der Waals surface area contributed by atoms with Gasteiger partial charge in [0.1, 0.15) is 11.4 Å². The van der Waals surface area contributed by atoms with Gasteiger partial charge in [-0.15, -0.1) is 5.10 Å². The lowest BCUT2D eigenvalue weighted by Gasteiger charge is -2.44. The summed E-state index contributed by atoms with van der Waals surface area (Å²) in [6, 6.07) is 11.6. The summed E-state index contributed by atoms with van der Waals surface area (Å²) < 4.78 is 14.2. The molecule has 0 saturated carbocycles. The maximum absolute atomic E-state index is 13.8. The summed E-state index contributed by atoms with van der Waals surface area (Å²) in [5.41, 5.74) is 3.53. The van der Waals surface area contributed by atoms with Crippen molar-refractivity contribution in [3.05, 3.63) is 53.7 Å². The van der Waals surface area contributed by atoms with Crippen LogP contribution in [0.5, 0.6) is 5.75 Å². The number of ketones is 1. The number of tetrazole rings is 1. The molecule has 0 atom stereocenters. The highest BCUT2D eigenvalue weighted by atomic mass is 16.5. The number of Topliss-reactive ketones (excluding diaryl/α,β-unsaturated/α-hetero) is 1. The quantitative estimate of drug-likeness (QED) is 0.418. The van der Waals surface area contributed by atoms with Crippen LogP contribution in [0.4, 0.5) is 5.69 Å². The summed E-state index contributed by atoms with van der Waals surface area (Å²) in [5, 5.41) is 15.0. The standard InChI is InChI=1S/C29H31N7O4/c1-2-34-8-5-21-23(34)16-20(17-24(21)35-11-13-39-14-12-35)28(38)36-9-6-29(7-10-36)18-25(37)22-15-19(3-4-26(22)40-29)27-30-32-33-31-27/h3-5,8,15-17H,2,6-7,9-14,18H2,1H3,(H,30,31,32,33). The van der Waals surface area contributed by atoms with Crippen LogP contribution in [0.25, 0.3) is 22.3 Å². The second-order valence-electron chi connectivity index (χ2n) is 10.8. The summed E-state index contributed by atoms with van der Waals surface area (Å²) in [5.74, 6) is 1.14. The molecule has 7 rings (SSSR count). The fraction of sp³-hybridized carbons (Fsp3) is 0.414. The number of hydrogen-bond donors (Lipinski definition) is 1. The van der Waals surface area contributed by atoms with E-state index in [4.69, 9.17) is 9.47 Å². The van der Waals surface area contributed by atoms with Gasteiger partial charge in [0.15, 0.2) is 11.6 Å². The predicted octanol–water partition coefficient (Wildman–Crippen LogP) is 3.32. The SMILES string of the molecule is CCn1ccc2c(N3CCOCC3)cc(C(=O)N3CCC4(CC3)CC(=O)c3cc(-c5nnn[nH]5)ccc3O4)cc21. The lowest BCUT2D eigenvalue weighted by atomic mass is 9.82. The third-order valence-corrected chi connectivity index (χ3v) is 8.48. The van der Waals surface area contributed by atoms with Crippen molar-refractivity contribution in [1.82, 2.24) is 30.1 Å². The molecule has 11 heteroatoms. The fourth-order valence-electron chi connectivity index (χ4n) is 6.24. The number of nitrogens with zero attached hydrogens (tertiary/aromatic N) is 6. The first-order valence-electron chi connectivity index (χ1n) is 13.9. The number of carbonyl (C=O) groups is 2. The molecule has 3 aliphatic heterocycles. The van der Waals surface area contributed by atoms with Crippen LogP contribution in [0.1, 0.15) is 46.9 Å². The van der Waals surface area contributed by atoms with Crippen LogP contribution >= 0.6 is 0 Å². The van der Waals surface area contributed by atoms with E-state index in [2.05, 4.69) is 49.3 Å². The lowest BCUT2D eigenvalue weighted by Crippen LogP contribution is -2.52. The molecule has 0 bridgehead atoms. The summed E-state index contributed by atoms with van der Waals surface area (Å²) >= 11 is 0. The molecule has 2 aromatic carbocycles. The predicted molar refractivity (Wildman–Crippen MR) is 148 cm³/mol. The van der Waals surface area contributed by atoms with Crippen molar-refractivity contribution in [2.45, 2.75) is 38.3 Å². The molecular formula is C29H31N7O4. The first-order valence-corrected chi connectivity index (χ1v) is 13.9. The summed E-state index contributed by atoms with van der Waals surface area (Å²) in [6.45, 7) is 6.99. The summed E-state index contributed by atoms with van der Waals surface area (Å²) in [6.07, 6.45) is 3.58. The second-order valence-corrected chi connectivity index (χ2v) is 10.8. The topological polar surface area (TPSA) is 118 Å². The van der Waals surface area contributed by atoms with Gasteiger partial charge in [0.2, 0.25) is 0 Å². The first kappa shape index (κ1) is 24.8. The van der Waals surface area contributed by atoms with Gasteiger partial charge in [-0.3, -0.25) is 9.59 Å². The highest BCUT2D eigenvalue weighted by Gasteiger charge is 2.44. The number of H-pyrrole nitrogens is 1. The van der Waals surface area contributed by atoms with Crippen molar-refractivity contribution in [1.29, 1.82) is 0 Å². The Balaban J connectivity index is 1.11. The number of likely N-dealkylation sites (tertiary alicyclic amines) is 1. The molecule has 0 radical (unpaired) electrons. The second kappa shape index (κ2) is 9.74. The van der Waals surface area contributed by atoms with E-state index in [1.54, 1.807) is 6.07 Å². The minimum absolute atomic E-state index is 0.0166. The van der Waals surface area contributed by atoms with Crippen molar-refractivity contribution in [3.63, 3.8) is 0 Å². The van der Waals surface area contributed by atoms with E-state index < -0.39 is 5.60 Å². The minimum atomic E-state index is -0.601. The molecule has 3 aliphatic rings. The zero-order valence-corrected chi connectivity index (χ0v) is 22.4. The number of piperidine rings is 1. The summed E-state index contributed by atoms with van der Waals surface area (Å²) in [7, 11) is 0. The molecule has 2 aromatic heterocycles. The number of benzene rings is 2. The molecule has 11 nitrogen and oxygen atoms in total. The normalized spacial score (nSPS) is 18.7. The zero-order valence-electron chi connectivity index (χ0n) is 22.4. The van der Waals surface area contributed by atoms with Crippen LogP contribution < -0.4 is 9.64 Å². The van der Waals surface area contributed by atoms with Gasteiger partial charge >= 0.3 is 0 Å². The van der Waals surface area contributed by atoms with Crippen molar-refractivity contribution < 1.29 is 19.1 Å². The van der Waals surface area contributed by atoms with Gasteiger partial charge in [-0.05, 0) is 53.7 Å². The number of anilines is 1. The van der Waals surface area contributed by atoms with Crippen LogP contribution in [-0.4, -0.2) is 86.8 Å². The van der Waals surface area contributed by atoms with E-state index in [0.29, 0.717) is 61.8 Å². The average molecular weight is 542 g/mol. The molecule has 206 valence electrons. The van der Waals surface area contributed by atoms with Crippen molar-refractivity contribution in [2.24, 2.45) is 0 Å². The van der Waals surface area contributed by atoms with E-state index in [9.17, 15) is 9.59 Å². The Kier molecular flexibility index (Phi) is 6.03. The molecule has 1 spiro atoms. The highest BCUT2D eigenvalue weighted by molar-refractivity contribution is 6.03. The van der Waals surface area contributed by atoms with Gasteiger partial charge in [-0.25, -0.2) is 5.10 Å². The number of ether oxygens (including phenoxy) is 2. The Morgan fingerprint density at radius 1 is 1.07 bits per heavy atom. The number of aromatic amines is 1. The maximum atomic E-state index is 13.8. The van der Waals surface area contributed by atoms with Crippen LogP contribution in [0, 0.1) is 0 Å². The van der Waals surface area contributed by atoms with Crippen molar-refractivity contribution >= 4 is 28.3 Å². The summed E-state index contributed by atoms with van der Waals surface area (Å²) in [4.78, 5) is 31.3. The van der Waals surface area contributed by atoms with E-state index in [1.165, 1.54) is 0 Å². The Bertz CT molecular complexity index is 1580. The number of hydrogen-bond acceptors (Lipinski definition) is 8. The number of aryl methyl sites for hydroxylation is 1. The van der Waals surface area contributed by atoms with Gasteiger partial charge in [0.25, 0.3) is 5.91 Å². The van der Waals surface area contributed by atoms with Crippen LogP contribution in [-0.2, 0) is 11.3 Å². The number of morpholine rings is 1. The number of fused-ring (bicyclic) bond motifs is 2. The molecule has 1 N–H and O–H groups in total. The van der Waals surface area contributed by atoms with Crippen molar-refractivity contribution in [2.75, 3.05) is 44.3 Å². The lowest BCUT2D eigenvalue weighted by molar-refractivity contribution is -0.00569. The van der Waals surface area contributed by atoms with E-state index in [0.717, 1.165) is 41.8 Å². The molecule has 0 aliphatic carbocycles. The molecule has 5 heterocycles. The molecule has 1 amide bonds. The Morgan fingerprint density at radius 2 is 1.90 bits per heavy atom. The van der Waals surface area contributed by atoms with E-state index in [-0.39, 0.29) is 18.1 Å². The third-order valence-electron chi connectivity index (χ3n) is 8.48. The molecule has 2 saturated heterocycles. The maximum Gasteiger partial charge on any atom is 0.254 e. The largest absolute Gasteiger partial charge is 0.486 e. The fourth-order valence-corrected chi connectivity index (χ4v) is 6.24. The number of nitrogens with one attached hydrogen (secondary N) is 1. The first-order chi connectivity index (χ1) is 19.5. The Hall–Kier alpha value is -4.25. The average Bonchev–Trinajstić information content (AvgIpc) is 3.68. The monoisotopic (exact) mass is 541 g/mol. The molecule has 0 unspecified atom stereocenters. The van der Waals surface area contributed by atoms with Gasteiger partial charge < -0.3 is 23.8 Å². The number of aromatic nitrogens is 5. The van der Waals surface area contributed by atoms with Gasteiger partial charge in [-0.2, -0.15) is 0 Å². The number of rotatable bonds is 4. The van der Waals surface area contributed by atoms with Crippen LogP contribution in [0.15, 0.2) is 42.6 Å². The van der Waals surface area contributed by atoms with Crippen molar-refractivity contribution in [3.8, 4) is 17.1 Å². The zero-order chi connectivity index (χ0) is 27.3. The number of amides is 1. The number of carbonyl (C=O) groups excluding carboxylic acids is 2. The minimum Gasteiger partial charge on any atom is -0.486 e. The Morgan fingerprint density at radius 3 is 2.65 bits per heavy atom. The van der Waals surface area contributed by atoms with E-state index >= 15 is 0 Å². The molecule has 40 heavy (non-hydrogen) atoms. The van der Waals surface area contributed by atoms with Crippen LogP contribution in [0.3, 0.4) is 0 Å². The van der Waals surface area contributed by atoms with Gasteiger partial charge in [-0.1, -0.05) is 0 Å². The van der Waals surface area contributed by atoms with Gasteiger partial charge in [0, 0.05) is 74.0 Å². The molecular weight excluding hydrogens is 510 g/mol. The third kappa shape index (κ3) is 4.21. The van der Waals surface area contributed by atoms with E-state index in [1.807, 2.05) is 29.2 Å².